The molecule has 1 aromatic heterocycles. The predicted molar refractivity (Wildman–Crippen MR) is 105 cm³/mol. The van der Waals surface area contributed by atoms with Gasteiger partial charge in [-0.1, -0.05) is 0 Å². The molecule has 1 heterocycles. The van der Waals surface area contributed by atoms with Crippen LogP contribution in [0.3, 0.4) is 0 Å². The smallest absolute Gasteiger partial charge is 0.323 e. The first-order valence-corrected chi connectivity index (χ1v) is 9.91. The lowest BCUT2D eigenvalue weighted by molar-refractivity contribution is 0.102. The van der Waals surface area contributed by atoms with Crippen molar-refractivity contribution in [2.75, 3.05) is 12.4 Å². The molecule has 0 aliphatic rings. The van der Waals surface area contributed by atoms with Gasteiger partial charge >= 0.3 is 5.69 Å². The number of imidazole rings is 1. The van der Waals surface area contributed by atoms with Crippen LogP contribution >= 0.6 is 0 Å². The summed E-state index contributed by atoms with van der Waals surface area (Å²) in [5, 5.41) is 2.69. The molecular weight excluding hydrogens is 384 g/mol. The van der Waals surface area contributed by atoms with Gasteiger partial charge in [-0.15, -0.1) is 0 Å². The second-order valence-electron chi connectivity index (χ2n) is 6.44. The number of carbonyl (C=O) groups excluding carboxylic acids is 1. The third-order valence-electron chi connectivity index (χ3n) is 3.88. The van der Waals surface area contributed by atoms with E-state index >= 15 is 0 Å². The maximum absolute atomic E-state index is 12.6. The Morgan fingerprint density at radius 3 is 2.46 bits per heavy atom. The lowest BCUT2D eigenvalue weighted by Crippen LogP contribution is -2.30. The minimum absolute atomic E-state index is 0.123. The van der Waals surface area contributed by atoms with E-state index in [0.717, 1.165) is 0 Å². The van der Waals surface area contributed by atoms with Crippen molar-refractivity contribution in [2.45, 2.75) is 24.8 Å². The normalized spacial score (nSPS) is 11.7. The molecule has 3 rings (SSSR count). The first-order valence-electron chi connectivity index (χ1n) is 8.43. The standard InChI is InChI=1S/C18H20N4O5S/c1-10(2)22-28(25,26)16-8-11(4-7-15(16)27-3)17(23)19-12-5-6-13-14(9-12)21-18(24)20-13/h4-10,22H,1-3H3,(H,19,23)(H2,20,21,24). The summed E-state index contributed by atoms with van der Waals surface area (Å²) in [6, 6.07) is 8.73. The average Bonchev–Trinajstić information content (AvgIpc) is 2.99. The number of nitrogens with one attached hydrogen (secondary N) is 4. The fourth-order valence-electron chi connectivity index (χ4n) is 2.72. The third kappa shape index (κ3) is 4.07. The van der Waals surface area contributed by atoms with Crippen molar-refractivity contribution in [1.29, 1.82) is 0 Å². The van der Waals surface area contributed by atoms with Crippen LogP contribution in [0.25, 0.3) is 11.0 Å². The first-order chi connectivity index (χ1) is 13.2. The van der Waals surface area contributed by atoms with Crippen LogP contribution in [0, 0.1) is 0 Å². The van der Waals surface area contributed by atoms with Crippen LogP contribution in [-0.2, 0) is 10.0 Å². The van der Waals surface area contributed by atoms with Gasteiger partial charge in [-0.2, -0.15) is 0 Å². The molecule has 0 atom stereocenters. The number of hydrogen-bond donors (Lipinski definition) is 4. The molecule has 1 amide bonds. The molecule has 3 aromatic rings. The average molecular weight is 404 g/mol. The summed E-state index contributed by atoms with van der Waals surface area (Å²) in [6.45, 7) is 3.39. The zero-order valence-corrected chi connectivity index (χ0v) is 16.3. The number of ether oxygens (including phenoxy) is 1. The minimum atomic E-state index is -3.86. The molecule has 10 heteroatoms. The number of hydrogen-bond acceptors (Lipinski definition) is 5. The molecule has 0 fully saturated rings. The maximum Gasteiger partial charge on any atom is 0.323 e. The van der Waals surface area contributed by atoms with Gasteiger partial charge in [0.2, 0.25) is 10.0 Å². The van der Waals surface area contributed by atoms with Gasteiger partial charge in [0.05, 0.1) is 18.1 Å². The zero-order valence-electron chi connectivity index (χ0n) is 15.5. The van der Waals surface area contributed by atoms with E-state index in [1.165, 1.54) is 25.3 Å². The largest absolute Gasteiger partial charge is 0.495 e. The fourth-order valence-corrected chi connectivity index (χ4v) is 4.16. The number of H-pyrrole nitrogens is 2. The second kappa shape index (κ2) is 7.49. The molecule has 0 bridgehead atoms. The molecule has 2 aromatic carbocycles. The summed E-state index contributed by atoms with van der Waals surface area (Å²) in [5.74, 6) is -0.364. The van der Waals surface area contributed by atoms with Crippen molar-refractivity contribution in [3.05, 3.63) is 52.4 Å². The Kier molecular flexibility index (Phi) is 5.25. The summed E-state index contributed by atoms with van der Waals surface area (Å²) in [4.78, 5) is 29.0. The first kappa shape index (κ1) is 19.6. The number of fused-ring (bicyclic) bond motifs is 1. The van der Waals surface area contributed by atoms with Crippen molar-refractivity contribution in [3.8, 4) is 5.75 Å². The van der Waals surface area contributed by atoms with Crippen LogP contribution in [0.15, 0.2) is 46.1 Å². The van der Waals surface area contributed by atoms with Gasteiger partial charge in [0.1, 0.15) is 10.6 Å². The van der Waals surface area contributed by atoms with Gasteiger partial charge in [-0.05, 0) is 50.2 Å². The lowest BCUT2D eigenvalue weighted by Gasteiger charge is -2.14. The van der Waals surface area contributed by atoms with Gasteiger partial charge in [0.15, 0.2) is 0 Å². The number of sulfonamides is 1. The zero-order chi connectivity index (χ0) is 20.5. The summed E-state index contributed by atoms with van der Waals surface area (Å²) >= 11 is 0. The van der Waals surface area contributed by atoms with Crippen LogP contribution in [-0.4, -0.2) is 37.4 Å². The number of aromatic amines is 2. The highest BCUT2D eigenvalue weighted by Gasteiger charge is 2.22. The number of anilines is 1. The Morgan fingerprint density at radius 2 is 1.79 bits per heavy atom. The molecule has 0 saturated heterocycles. The molecule has 0 aliphatic heterocycles. The van der Waals surface area contributed by atoms with Crippen LogP contribution in [0.4, 0.5) is 5.69 Å². The van der Waals surface area contributed by atoms with E-state index in [2.05, 4.69) is 20.0 Å². The van der Waals surface area contributed by atoms with Gasteiger partial charge in [0, 0.05) is 17.3 Å². The number of aromatic nitrogens is 2. The van der Waals surface area contributed by atoms with Crippen molar-refractivity contribution in [2.24, 2.45) is 0 Å². The molecule has 148 valence electrons. The Hall–Kier alpha value is -3.11. The Morgan fingerprint density at radius 1 is 1.07 bits per heavy atom. The third-order valence-corrected chi connectivity index (χ3v) is 5.56. The molecular formula is C18H20N4O5S. The molecule has 0 radical (unpaired) electrons. The van der Waals surface area contributed by atoms with E-state index in [9.17, 15) is 18.0 Å². The lowest BCUT2D eigenvalue weighted by atomic mass is 10.2. The molecule has 0 saturated carbocycles. The molecule has 0 aliphatic carbocycles. The fraction of sp³-hybridized carbons (Fsp3) is 0.222. The summed E-state index contributed by atoms with van der Waals surface area (Å²) in [7, 11) is -2.50. The summed E-state index contributed by atoms with van der Waals surface area (Å²) < 4.78 is 32.7. The number of benzene rings is 2. The number of amides is 1. The molecule has 0 spiro atoms. The van der Waals surface area contributed by atoms with E-state index in [0.29, 0.717) is 16.7 Å². The SMILES string of the molecule is COc1ccc(C(=O)Nc2ccc3[nH]c(=O)[nH]c3c2)cc1S(=O)(=O)NC(C)C. The van der Waals surface area contributed by atoms with Crippen LogP contribution < -0.4 is 20.5 Å². The van der Waals surface area contributed by atoms with Gasteiger partial charge < -0.3 is 20.0 Å². The Labute approximate surface area is 161 Å². The maximum atomic E-state index is 12.6. The van der Waals surface area contributed by atoms with Gasteiger partial charge in [-0.3, -0.25) is 4.79 Å². The van der Waals surface area contributed by atoms with Gasteiger partial charge in [0.25, 0.3) is 5.91 Å². The number of methoxy groups -OCH3 is 1. The highest BCUT2D eigenvalue weighted by atomic mass is 32.2. The van der Waals surface area contributed by atoms with Crippen molar-refractivity contribution < 1.29 is 17.9 Å². The van der Waals surface area contributed by atoms with E-state index < -0.39 is 15.9 Å². The summed E-state index contributed by atoms with van der Waals surface area (Å²) in [5.41, 5.74) is 1.41. The number of carbonyl (C=O) groups is 1. The van der Waals surface area contributed by atoms with Gasteiger partial charge in [-0.25, -0.2) is 17.9 Å². The van der Waals surface area contributed by atoms with E-state index in [1.54, 1.807) is 32.0 Å². The molecule has 4 N–H and O–H groups in total. The quantitative estimate of drug-likeness (QED) is 0.497. The van der Waals surface area contributed by atoms with Crippen molar-refractivity contribution >= 4 is 32.7 Å². The monoisotopic (exact) mass is 404 g/mol. The van der Waals surface area contributed by atoms with Crippen LogP contribution in [0.2, 0.25) is 0 Å². The highest BCUT2D eigenvalue weighted by molar-refractivity contribution is 7.89. The van der Waals surface area contributed by atoms with Crippen molar-refractivity contribution in [3.63, 3.8) is 0 Å². The van der Waals surface area contributed by atoms with Crippen molar-refractivity contribution in [1.82, 2.24) is 14.7 Å². The summed E-state index contributed by atoms with van der Waals surface area (Å²) in [6.07, 6.45) is 0. The second-order valence-corrected chi connectivity index (χ2v) is 8.12. The van der Waals surface area contributed by atoms with E-state index in [4.69, 9.17) is 4.74 Å². The van der Waals surface area contributed by atoms with Crippen LogP contribution in [0.5, 0.6) is 5.75 Å². The minimum Gasteiger partial charge on any atom is -0.495 e. The Bertz CT molecular complexity index is 1190. The molecule has 9 nitrogen and oxygen atoms in total. The van der Waals surface area contributed by atoms with Crippen LogP contribution in [0.1, 0.15) is 24.2 Å². The molecule has 28 heavy (non-hydrogen) atoms. The predicted octanol–water partition coefficient (Wildman–Crippen LogP) is 1.80. The molecule has 0 unspecified atom stereocenters. The van der Waals surface area contributed by atoms with E-state index in [1.807, 2.05) is 0 Å². The topological polar surface area (TPSA) is 133 Å². The highest BCUT2D eigenvalue weighted by Crippen LogP contribution is 2.26. The number of rotatable bonds is 6. The Balaban J connectivity index is 1.92. The van der Waals surface area contributed by atoms with E-state index in [-0.39, 0.29) is 27.9 Å².